The van der Waals surface area contributed by atoms with Crippen LogP contribution in [0.15, 0.2) is 170 Å². The molecule has 0 saturated heterocycles. The Balaban J connectivity index is 1.34. The average molecular weight is 819 g/mol. The van der Waals surface area contributed by atoms with Crippen LogP contribution in [0.3, 0.4) is 0 Å². The fourth-order valence-corrected chi connectivity index (χ4v) is 11.5. The summed E-state index contributed by atoms with van der Waals surface area (Å²) in [4.78, 5) is 4.91. The summed E-state index contributed by atoms with van der Waals surface area (Å²) in [6.07, 6.45) is 0. The lowest BCUT2D eigenvalue weighted by Gasteiger charge is -2.53. The van der Waals surface area contributed by atoms with Crippen molar-refractivity contribution in [2.75, 3.05) is 9.80 Å². The van der Waals surface area contributed by atoms with Crippen LogP contribution in [-0.4, -0.2) is 0 Å². The molecule has 0 N–H and O–H groups in total. The average Bonchev–Trinajstić information content (AvgIpc) is 3.60. The first-order chi connectivity index (χ1) is 30.2. The van der Waals surface area contributed by atoms with E-state index in [9.17, 15) is 0 Å². The molecule has 0 aromatic heterocycles. The van der Waals surface area contributed by atoms with E-state index in [1.54, 1.807) is 0 Å². The summed E-state index contributed by atoms with van der Waals surface area (Å²) in [7, 11) is 0. The summed E-state index contributed by atoms with van der Waals surface area (Å²) >= 11 is 0. The minimum Gasteiger partial charge on any atom is -0.310 e. The van der Waals surface area contributed by atoms with Crippen molar-refractivity contribution in [3.8, 4) is 11.1 Å². The lowest BCUT2D eigenvalue weighted by molar-refractivity contribution is 0.0965. The Kier molecular flexibility index (Phi) is 9.46. The van der Waals surface area contributed by atoms with Crippen LogP contribution in [0.2, 0.25) is 0 Å². The molecule has 0 amide bonds. The topological polar surface area (TPSA) is 6.48 Å². The normalized spacial score (nSPS) is 13.4. The lowest BCUT2D eigenvalue weighted by atomic mass is 9.49. The molecule has 0 fully saturated rings. The van der Waals surface area contributed by atoms with Gasteiger partial charge in [0.1, 0.15) is 0 Å². The van der Waals surface area contributed by atoms with Gasteiger partial charge in [0.25, 0.3) is 0 Å². The van der Waals surface area contributed by atoms with Crippen molar-refractivity contribution >= 4 is 66.4 Å². The molecule has 312 valence electrons. The van der Waals surface area contributed by atoms with Crippen LogP contribution in [0.5, 0.6) is 0 Å². The number of fused-ring (bicyclic) bond motifs is 10. The van der Waals surface area contributed by atoms with Crippen molar-refractivity contribution in [2.24, 2.45) is 10.8 Å². The molecular weight excluding hydrogens is 761 g/mol. The summed E-state index contributed by atoms with van der Waals surface area (Å²) in [5.74, 6) is 0. The Labute approximate surface area is 374 Å². The number of hydrogen-bond acceptors (Lipinski definition) is 2. The SMILES string of the molecule is Cc1ccc(N(c2ccc(C)cc2)c2ccc3c4c(c5ccccc5c3c2)-c2c(cc(N(c3ccc(C)cc3)c3ccc(C)cc3)c3ccccc23)C4(C(C)(C)C)C(C)(C)C)cc1. The van der Waals surface area contributed by atoms with E-state index in [4.69, 9.17) is 0 Å². The van der Waals surface area contributed by atoms with Gasteiger partial charge in [0.05, 0.1) is 5.69 Å². The van der Waals surface area contributed by atoms with E-state index in [0.717, 1.165) is 28.4 Å². The van der Waals surface area contributed by atoms with E-state index in [2.05, 4.69) is 249 Å². The molecule has 0 unspecified atom stereocenters. The zero-order valence-corrected chi connectivity index (χ0v) is 38.6. The molecule has 2 heteroatoms. The standard InChI is InChI=1S/C61H58N2/c1-39-19-27-43(28-20-39)62(44-29-21-40(2)22-30-44)47-35-36-52-53(37-47)48-15-11-13-17-50(48)57-56-51-18-14-12-16-49(51)55(38-54(56)61(58(52)57,59(5,6)7)60(8,9)10)63(45-31-23-41(3)24-32-45)46-33-25-42(4)26-34-46/h11-38H,1-10H3. The third kappa shape index (κ3) is 6.29. The second kappa shape index (κ2) is 14.7. The van der Waals surface area contributed by atoms with Gasteiger partial charge in [0.2, 0.25) is 0 Å². The van der Waals surface area contributed by atoms with Crippen LogP contribution in [0.1, 0.15) is 74.9 Å². The van der Waals surface area contributed by atoms with Crippen molar-refractivity contribution in [3.63, 3.8) is 0 Å². The molecule has 10 rings (SSSR count). The van der Waals surface area contributed by atoms with Gasteiger partial charge in [-0.3, -0.25) is 0 Å². The van der Waals surface area contributed by atoms with Crippen LogP contribution in [0.25, 0.3) is 43.4 Å². The van der Waals surface area contributed by atoms with Crippen molar-refractivity contribution in [2.45, 2.75) is 74.7 Å². The van der Waals surface area contributed by atoms with E-state index in [-0.39, 0.29) is 10.8 Å². The number of rotatable bonds is 6. The molecule has 0 aliphatic heterocycles. The first kappa shape index (κ1) is 40.4. The lowest BCUT2D eigenvalue weighted by Crippen LogP contribution is -2.50. The Morgan fingerprint density at radius 2 is 0.714 bits per heavy atom. The van der Waals surface area contributed by atoms with Gasteiger partial charge in [-0.1, -0.05) is 167 Å². The van der Waals surface area contributed by atoms with E-state index >= 15 is 0 Å². The van der Waals surface area contributed by atoms with Crippen LogP contribution < -0.4 is 9.80 Å². The molecule has 9 aromatic rings. The number of nitrogens with zero attached hydrogens (tertiary/aromatic N) is 2. The molecule has 0 atom stereocenters. The second-order valence-electron chi connectivity index (χ2n) is 20.2. The molecule has 63 heavy (non-hydrogen) atoms. The highest BCUT2D eigenvalue weighted by Crippen LogP contribution is 2.69. The zero-order chi connectivity index (χ0) is 44.0. The largest absolute Gasteiger partial charge is 0.310 e. The Morgan fingerprint density at radius 3 is 1.16 bits per heavy atom. The molecule has 0 radical (unpaired) electrons. The number of hydrogen-bond donors (Lipinski definition) is 0. The summed E-state index contributed by atoms with van der Waals surface area (Å²) in [6, 6.07) is 64.2. The van der Waals surface area contributed by atoms with Gasteiger partial charge in [0, 0.05) is 39.2 Å². The van der Waals surface area contributed by atoms with Gasteiger partial charge in [0.15, 0.2) is 0 Å². The summed E-state index contributed by atoms with van der Waals surface area (Å²) < 4.78 is 0. The molecule has 9 aromatic carbocycles. The van der Waals surface area contributed by atoms with Gasteiger partial charge < -0.3 is 9.80 Å². The quantitative estimate of drug-likeness (QED) is 0.154. The smallest absolute Gasteiger partial charge is 0.0543 e. The number of aryl methyl sites for hydroxylation is 4. The fourth-order valence-electron chi connectivity index (χ4n) is 11.5. The van der Waals surface area contributed by atoms with Gasteiger partial charge >= 0.3 is 0 Å². The number of anilines is 6. The van der Waals surface area contributed by atoms with E-state index in [1.807, 2.05) is 0 Å². The Morgan fingerprint density at radius 1 is 0.333 bits per heavy atom. The van der Waals surface area contributed by atoms with Crippen LogP contribution in [0.4, 0.5) is 34.1 Å². The molecule has 0 bridgehead atoms. The van der Waals surface area contributed by atoms with Crippen LogP contribution >= 0.6 is 0 Å². The predicted octanol–water partition coefficient (Wildman–Crippen LogP) is 17.7. The molecule has 1 aliphatic rings. The monoisotopic (exact) mass is 818 g/mol. The van der Waals surface area contributed by atoms with Gasteiger partial charge in [-0.2, -0.15) is 0 Å². The maximum absolute atomic E-state index is 2.60. The molecular formula is C61H58N2. The summed E-state index contributed by atoms with van der Waals surface area (Å²) in [6.45, 7) is 23.5. The zero-order valence-electron chi connectivity index (χ0n) is 38.6. The second-order valence-corrected chi connectivity index (χ2v) is 20.2. The first-order valence-electron chi connectivity index (χ1n) is 22.6. The molecule has 0 heterocycles. The van der Waals surface area contributed by atoms with Gasteiger partial charge in [-0.05, 0) is 154 Å². The van der Waals surface area contributed by atoms with Crippen molar-refractivity contribution in [3.05, 3.63) is 203 Å². The van der Waals surface area contributed by atoms with E-state index < -0.39 is 5.41 Å². The van der Waals surface area contributed by atoms with Crippen LogP contribution in [-0.2, 0) is 5.41 Å². The first-order valence-corrected chi connectivity index (χ1v) is 22.6. The fraction of sp³-hybridized carbons (Fsp3) is 0.213. The highest BCUT2D eigenvalue weighted by molar-refractivity contribution is 6.23. The number of benzene rings is 9. The maximum atomic E-state index is 2.60. The molecule has 1 aliphatic carbocycles. The van der Waals surface area contributed by atoms with Crippen LogP contribution in [0, 0.1) is 38.5 Å². The molecule has 0 saturated carbocycles. The summed E-state index contributed by atoms with van der Waals surface area (Å²) in [5.41, 5.74) is 16.7. The van der Waals surface area contributed by atoms with E-state index in [1.165, 1.54) is 82.5 Å². The predicted molar refractivity (Wildman–Crippen MR) is 272 cm³/mol. The minimum absolute atomic E-state index is 0.201. The third-order valence-corrected chi connectivity index (χ3v) is 14.0. The van der Waals surface area contributed by atoms with Crippen molar-refractivity contribution < 1.29 is 0 Å². The van der Waals surface area contributed by atoms with Gasteiger partial charge in [-0.15, -0.1) is 0 Å². The minimum atomic E-state index is -0.410. The third-order valence-electron chi connectivity index (χ3n) is 14.0. The highest BCUT2D eigenvalue weighted by atomic mass is 15.1. The maximum Gasteiger partial charge on any atom is 0.0543 e. The Bertz CT molecular complexity index is 3090. The van der Waals surface area contributed by atoms with E-state index in [0.29, 0.717) is 0 Å². The summed E-state index contributed by atoms with van der Waals surface area (Å²) in [5, 5.41) is 7.71. The highest BCUT2D eigenvalue weighted by Gasteiger charge is 2.59. The van der Waals surface area contributed by atoms with Crippen molar-refractivity contribution in [1.82, 2.24) is 0 Å². The molecule has 2 nitrogen and oxygen atoms in total. The molecule has 0 spiro atoms. The van der Waals surface area contributed by atoms with Crippen molar-refractivity contribution in [1.29, 1.82) is 0 Å². The Hall–Kier alpha value is -6.64. The van der Waals surface area contributed by atoms with Gasteiger partial charge in [-0.25, -0.2) is 0 Å².